The molecule has 128 valence electrons. The summed E-state index contributed by atoms with van der Waals surface area (Å²) in [4.78, 5) is 33.8. The normalized spacial score (nSPS) is 11.0. The zero-order valence-electron chi connectivity index (χ0n) is 12.9. The number of furan rings is 1. The maximum Gasteiger partial charge on any atom is 0.433 e. The van der Waals surface area contributed by atoms with E-state index in [-0.39, 0.29) is 27.3 Å². The highest BCUT2D eigenvalue weighted by molar-refractivity contribution is 6.34. The number of benzene rings is 1. The summed E-state index contributed by atoms with van der Waals surface area (Å²) in [5.41, 5.74) is -0.295. The van der Waals surface area contributed by atoms with Crippen molar-refractivity contribution in [3.8, 4) is 11.3 Å². The fourth-order valence-electron chi connectivity index (χ4n) is 2.58. The molecule has 2 heterocycles. The average Bonchev–Trinajstić information content (AvgIpc) is 3.04. The number of halogens is 1. The van der Waals surface area contributed by atoms with Crippen LogP contribution >= 0.6 is 11.6 Å². The molecular formula is C16H11ClN2O6. The lowest BCUT2D eigenvalue weighted by Gasteiger charge is -2.12. The Morgan fingerprint density at radius 1 is 1.40 bits per heavy atom. The number of hydrogen-bond donors (Lipinski definition) is 1. The maximum absolute atomic E-state index is 12.5. The third-order valence-corrected chi connectivity index (χ3v) is 4.09. The number of nitrogens with zero attached hydrogens (tertiary/aromatic N) is 2. The van der Waals surface area contributed by atoms with Crippen LogP contribution in [-0.4, -0.2) is 20.6 Å². The minimum Gasteiger partial charge on any atom is -0.477 e. The number of aryl methyl sites for hydroxylation is 1. The van der Waals surface area contributed by atoms with E-state index in [1.807, 2.05) is 0 Å². The van der Waals surface area contributed by atoms with Gasteiger partial charge in [0.1, 0.15) is 16.2 Å². The van der Waals surface area contributed by atoms with Gasteiger partial charge >= 0.3 is 11.9 Å². The molecule has 0 aliphatic heterocycles. The van der Waals surface area contributed by atoms with Crippen molar-refractivity contribution in [3.63, 3.8) is 0 Å². The number of hydrogen-bond acceptors (Lipinski definition) is 5. The van der Waals surface area contributed by atoms with Crippen LogP contribution in [0.3, 0.4) is 0 Å². The molecule has 0 atom stereocenters. The molecule has 0 bridgehead atoms. The van der Waals surface area contributed by atoms with Crippen LogP contribution in [0.15, 0.2) is 39.7 Å². The van der Waals surface area contributed by atoms with Crippen molar-refractivity contribution in [3.05, 3.63) is 61.4 Å². The number of rotatable bonds is 4. The predicted molar refractivity (Wildman–Crippen MR) is 90.2 cm³/mol. The van der Waals surface area contributed by atoms with Gasteiger partial charge in [-0.25, -0.2) is 4.79 Å². The molecular weight excluding hydrogens is 352 g/mol. The first kappa shape index (κ1) is 16.7. The van der Waals surface area contributed by atoms with Crippen LogP contribution in [0.4, 0.5) is 5.88 Å². The van der Waals surface area contributed by atoms with E-state index >= 15 is 0 Å². The topological polar surface area (TPSA) is 116 Å². The summed E-state index contributed by atoms with van der Waals surface area (Å²) in [5, 5.41) is 20.3. The molecule has 0 unspecified atom stereocenters. The first-order valence-corrected chi connectivity index (χ1v) is 7.56. The number of carbonyl (C=O) groups is 1. The Kier molecular flexibility index (Phi) is 4.05. The number of aromatic carboxylic acids is 1. The average molecular weight is 363 g/mol. The molecule has 0 saturated carbocycles. The van der Waals surface area contributed by atoms with Crippen molar-refractivity contribution in [1.82, 2.24) is 4.57 Å². The molecule has 1 N–H and O–H groups in total. The van der Waals surface area contributed by atoms with Crippen molar-refractivity contribution < 1.29 is 19.2 Å². The van der Waals surface area contributed by atoms with E-state index in [0.717, 1.165) is 0 Å². The molecule has 0 aliphatic carbocycles. The maximum atomic E-state index is 12.5. The standard InChI is InChI=1S/C16H11ClN2O6/c1-2-18-7-10(16(21)22)15(20)9-5-8(11(17)6-12(9)18)13-3-4-14(25-13)19(23)24/h3-7H,2H2,1H3,(H,21,22). The second-order valence-corrected chi connectivity index (χ2v) is 5.61. The summed E-state index contributed by atoms with van der Waals surface area (Å²) in [6.07, 6.45) is 1.26. The highest BCUT2D eigenvalue weighted by atomic mass is 35.5. The Balaban J connectivity index is 2.33. The van der Waals surface area contributed by atoms with Crippen LogP contribution < -0.4 is 5.43 Å². The summed E-state index contributed by atoms with van der Waals surface area (Å²) in [7, 11) is 0. The molecule has 25 heavy (non-hydrogen) atoms. The first-order chi connectivity index (χ1) is 11.8. The smallest absolute Gasteiger partial charge is 0.433 e. The second-order valence-electron chi connectivity index (χ2n) is 5.21. The molecule has 0 saturated heterocycles. The van der Waals surface area contributed by atoms with Crippen molar-refractivity contribution in [2.24, 2.45) is 0 Å². The van der Waals surface area contributed by atoms with E-state index in [4.69, 9.17) is 16.0 Å². The van der Waals surface area contributed by atoms with Gasteiger partial charge in [0, 0.05) is 23.7 Å². The Morgan fingerprint density at radius 3 is 2.68 bits per heavy atom. The summed E-state index contributed by atoms with van der Waals surface area (Å²) >= 11 is 6.25. The summed E-state index contributed by atoms with van der Waals surface area (Å²) in [6.45, 7) is 2.23. The van der Waals surface area contributed by atoms with Gasteiger partial charge < -0.3 is 14.1 Å². The Hall–Kier alpha value is -3.13. The lowest BCUT2D eigenvalue weighted by atomic mass is 10.1. The molecule has 0 radical (unpaired) electrons. The third kappa shape index (κ3) is 2.76. The van der Waals surface area contributed by atoms with Crippen molar-refractivity contribution >= 4 is 34.4 Å². The van der Waals surface area contributed by atoms with E-state index in [1.54, 1.807) is 11.5 Å². The summed E-state index contributed by atoms with van der Waals surface area (Å²) < 4.78 is 6.72. The van der Waals surface area contributed by atoms with Gasteiger partial charge in [-0.15, -0.1) is 0 Å². The quantitative estimate of drug-likeness (QED) is 0.560. The zero-order chi connectivity index (χ0) is 18.3. The number of nitro groups is 1. The molecule has 0 fully saturated rings. The van der Waals surface area contributed by atoms with Gasteiger partial charge in [0.05, 0.1) is 16.6 Å². The molecule has 2 aromatic heterocycles. The van der Waals surface area contributed by atoms with Crippen LogP contribution in [-0.2, 0) is 6.54 Å². The van der Waals surface area contributed by atoms with Gasteiger partial charge in [0.2, 0.25) is 5.43 Å². The number of pyridine rings is 1. The number of aromatic nitrogens is 1. The number of carboxylic acids is 1. The number of carboxylic acid groups (broad SMARTS) is 1. The highest BCUT2D eigenvalue weighted by Gasteiger charge is 2.19. The van der Waals surface area contributed by atoms with E-state index in [9.17, 15) is 24.8 Å². The molecule has 0 amide bonds. The molecule has 0 spiro atoms. The van der Waals surface area contributed by atoms with Crippen molar-refractivity contribution in [1.29, 1.82) is 0 Å². The SMILES string of the molecule is CCn1cc(C(=O)O)c(=O)c2cc(-c3ccc([N+](=O)[O-])o3)c(Cl)cc21. The monoisotopic (exact) mass is 362 g/mol. The lowest BCUT2D eigenvalue weighted by Crippen LogP contribution is -2.18. The zero-order valence-corrected chi connectivity index (χ0v) is 13.6. The lowest BCUT2D eigenvalue weighted by molar-refractivity contribution is -0.401. The minimum absolute atomic E-state index is 0.113. The second kappa shape index (κ2) is 6.06. The fraction of sp³-hybridized carbons (Fsp3) is 0.125. The van der Waals surface area contributed by atoms with Crippen LogP contribution in [0, 0.1) is 10.1 Å². The van der Waals surface area contributed by atoms with Crippen molar-refractivity contribution in [2.75, 3.05) is 0 Å². The van der Waals surface area contributed by atoms with Crippen LogP contribution in [0.5, 0.6) is 0 Å². The van der Waals surface area contributed by atoms with Crippen LogP contribution in [0.1, 0.15) is 17.3 Å². The Bertz CT molecular complexity index is 1080. The fourth-order valence-corrected chi connectivity index (χ4v) is 2.84. The van der Waals surface area contributed by atoms with E-state index < -0.39 is 22.2 Å². The first-order valence-electron chi connectivity index (χ1n) is 7.18. The van der Waals surface area contributed by atoms with Gasteiger partial charge in [-0.1, -0.05) is 11.6 Å². The van der Waals surface area contributed by atoms with Crippen molar-refractivity contribution in [2.45, 2.75) is 13.5 Å². The van der Waals surface area contributed by atoms with Crippen LogP contribution in [0.25, 0.3) is 22.2 Å². The summed E-state index contributed by atoms with van der Waals surface area (Å²) in [6, 6.07) is 5.44. The molecule has 3 aromatic rings. The number of fused-ring (bicyclic) bond motifs is 1. The van der Waals surface area contributed by atoms with E-state index in [2.05, 4.69) is 0 Å². The van der Waals surface area contributed by atoms with E-state index in [1.165, 1.54) is 30.5 Å². The van der Waals surface area contributed by atoms with Gasteiger partial charge in [-0.3, -0.25) is 14.9 Å². The van der Waals surface area contributed by atoms with E-state index in [0.29, 0.717) is 12.1 Å². The Labute approximate surface area is 145 Å². The largest absolute Gasteiger partial charge is 0.477 e. The Morgan fingerprint density at radius 2 is 2.12 bits per heavy atom. The molecule has 3 rings (SSSR count). The minimum atomic E-state index is -1.33. The molecule has 1 aromatic carbocycles. The highest BCUT2D eigenvalue weighted by Crippen LogP contribution is 2.34. The molecule has 0 aliphatic rings. The summed E-state index contributed by atoms with van der Waals surface area (Å²) in [5.74, 6) is -1.68. The molecule has 8 nitrogen and oxygen atoms in total. The van der Waals surface area contributed by atoms with Gasteiger partial charge in [-0.2, -0.15) is 0 Å². The van der Waals surface area contributed by atoms with Gasteiger partial charge in [-0.05, 0) is 25.1 Å². The van der Waals surface area contributed by atoms with Gasteiger partial charge in [0.25, 0.3) is 0 Å². The molecule has 9 heteroatoms. The predicted octanol–water partition coefficient (Wildman–Crippen LogP) is 3.54. The van der Waals surface area contributed by atoms with Crippen LogP contribution in [0.2, 0.25) is 5.02 Å². The third-order valence-electron chi connectivity index (χ3n) is 3.78. The van der Waals surface area contributed by atoms with Gasteiger partial charge in [0.15, 0.2) is 0 Å².